The van der Waals surface area contributed by atoms with Crippen molar-refractivity contribution >= 4 is 23.2 Å². The molecule has 0 fully saturated rings. The lowest BCUT2D eigenvalue weighted by Crippen LogP contribution is -2.38. The van der Waals surface area contributed by atoms with Crippen LogP contribution in [-0.4, -0.2) is 31.7 Å². The Labute approximate surface area is 175 Å². The van der Waals surface area contributed by atoms with Gasteiger partial charge in [0, 0.05) is 23.1 Å². The highest BCUT2D eigenvalue weighted by Crippen LogP contribution is 2.36. The number of tetrazole rings is 1. The molecule has 1 aliphatic heterocycles. The van der Waals surface area contributed by atoms with E-state index in [9.17, 15) is 0 Å². The van der Waals surface area contributed by atoms with Crippen LogP contribution in [0, 0.1) is 0 Å². The number of fused-ring (bicyclic) bond motifs is 1. The first-order valence-electron chi connectivity index (χ1n) is 9.39. The minimum absolute atomic E-state index is 0.143. The summed E-state index contributed by atoms with van der Waals surface area (Å²) in [7, 11) is 0. The zero-order chi connectivity index (χ0) is 19.9. The standard InChI is InChI=1S/C21H23Cl2N5/c1-21(2,3)28-20(24-25-26-28)19(17-6-4-5-7-18(17)23)27-11-10-14-8-9-16(22)12-15(14)13-27/h4-9,12,19H,10-11,13H2,1-3H3. The average molecular weight is 416 g/mol. The predicted molar refractivity (Wildman–Crippen MR) is 112 cm³/mol. The monoisotopic (exact) mass is 415 g/mol. The largest absolute Gasteiger partial charge is 0.285 e. The van der Waals surface area contributed by atoms with Crippen molar-refractivity contribution in [1.29, 1.82) is 0 Å². The number of rotatable bonds is 3. The number of aromatic nitrogens is 4. The van der Waals surface area contributed by atoms with E-state index >= 15 is 0 Å². The zero-order valence-electron chi connectivity index (χ0n) is 16.2. The molecule has 0 saturated carbocycles. The second-order valence-corrected chi connectivity index (χ2v) is 9.02. The van der Waals surface area contributed by atoms with Gasteiger partial charge in [0.15, 0.2) is 5.82 Å². The van der Waals surface area contributed by atoms with Crippen LogP contribution in [0.5, 0.6) is 0 Å². The van der Waals surface area contributed by atoms with Gasteiger partial charge in [0.1, 0.15) is 0 Å². The predicted octanol–water partition coefficient (Wildman–Crippen LogP) is 4.88. The number of nitrogens with zero attached hydrogens (tertiary/aromatic N) is 5. The summed E-state index contributed by atoms with van der Waals surface area (Å²) in [6.45, 7) is 7.95. The molecule has 1 aliphatic rings. The van der Waals surface area contributed by atoms with Crippen LogP contribution in [0.3, 0.4) is 0 Å². The van der Waals surface area contributed by atoms with Gasteiger partial charge in [-0.15, -0.1) is 5.10 Å². The lowest BCUT2D eigenvalue weighted by Gasteiger charge is -2.36. The van der Waals surface area contributed by atoms with Crippen molar-refractivity contribution in [2.75, 3.05) is 6.54 Å². The summed E-state index contributed by atoms with van der Waals surface area (Å²) >= 11 is 12.9. The van der Waals surface area contributed by atoms with Crippen molar-refractivity contribution in [2.45, 2.75) is 45.3 Å². The normalized spacial score (nSPS) is 16.0. The fraction of sp³-hybridized carbons (Fsp3) is 0.381. The number of halogens is 2. The molecule has 0 radical (unpaired) electrons. The van der Waals surface area contributed by atoms with Crippen molar-refractivity contribution in [3.8, 4) is 0 Å². The molecular weight excluding hydrogens is 393 g/mol. The van der Waals surface area contributed by atoms with E-state index in [1.807, 2.05) is 28.9 Å². The Kier molecular flexibility index (Phi) is 5.17. The van der Waals surface area contributed by atoms with Crippen molar-refractivity contribution in [1.82, 2.24) is 25.1 Å². The van der Waals surface area contributed by atoms with Crippen LogP contribution in [0.4, 0.5) is 0 Å². The van der Waals surface area contributed by atoms with E-state index in [0.29, 0.717) is 5.02 Å². The van der Waals surface area contributed by atoms with E-state index in [1.54, 1.807) is 0 Å². The second kappa shape index (κ2) is 7.47. The van der Waals surface area contributed by atoms with Gasteiger partial charge in [-0.2, -0.15) is 0 Å². The van der Waals surface area contributed by atoms with Gasteiger partial charge in [0.05, 0.1) is 11.6 Å². The Balaban J connectivity index is 1.82. The van der Waals surface area contributed by atoms with Crippen molar-refractivity contribution in [2.24, 2.45) is 0 Å². The van der Waals surface area contributed by atoms with Crippen LogP contribution < -0.4 is 0 Å². The van der Waals surface area contributed by atoms with Crippen LogP contribution in [-0.2, 0) is 18.5 Å². The first kappa shape index (κ1) is 19.4. The molecule has 0 spiro atoms. The van der Waals surface area contributed by atoms with E-state index in [0.717, 1.165) is 35.9 Å². The number of hydrogen-bond acceptors (Lipinski definition) is 4. The summed E-state index contributed by atoms with van der Waals surface area (Å²) in [5.41, 5.74) is 3.35. The van der Waals surface area contributed by atoms with Crippen LogP contribution in [0.1, 0.15) is 49.3 Å². The fourth-order valence-corrected chi connectivity index (χ4v) is 4.24. The van der Waals surface area contributed by atoms with Crippen molar-refractivity contribution < 1.29 is 0 Å². The summed E-state index contributed by atoms with van der Waals surface area (Å²) in [5.74, 6) is 0.797. The molecule has 0 amide bonds. The highest BCUT2D eigenvalue weighted by atomic mass is 35.5. The summed E-state index contributed by atoms with van der Waals surface area (Å²) in [6, 6.07) is 13.9. The molecule has 1 atom stereocenters. The number of benzene rings is 2. The van der Waals surface area contributed by atoms with Crippen LogP contribution in [0.2, 0.25) is 10.0 Å². The zero-order valence-corrected chi connectivity index (χ0v) is 17.7. The molecule has 146 valence electrons. The van der Waals surface area contributed by atoms with E-state index in [4.69, 9.17) is 23.2 Å². The lowest BCUT2D eigenvalue weighted by atomic mass is 9.95. The molecule has 3 aromatic rings. The third kappa shape index (κ3) is 3.66. The molecule has 4 rings (SSSR count). The average Bonchev–Trinajstić information content (AvgIpc) is 3.13. The van der Waals surface area contributed by atoms with Crippen LogP contribution in [0.15, 0.2) is 42.5 Å². The molecule has 1 aromatic heterocycles. The first-order valence-corrected chi connectivity index (χ1v) is 10.1. The Hall–Kier alpha value is -1.95. The molecule has 2 heterocycles. The molecule has 7 heteroatoms. The fourth-order valence-electron chi connectivity index (χ4n) is 3.81. The second-order valence-electron chi connectivity index (χ2n) is 8.18. The van der Waals surface area contributed by atoms with Crippen molar-refractivity contribution in [3.63, 3.8) is 0 Å². The topological polar surface area (TPSA) is 46.8 Å². The summed E-state index contributed by atoms with van der Waals surface area (Å²) < 4.78 is 1.90. The minimum atomic E-state index is -0.241. The third-order valence-electron chi connectivity index (χ3n) is 5.15. The van der Waals surface area contributed by atoms with Gasteiger partial charge in [-0.1, -0.05) is 47.5 Å². The van der Waals surface area contributed by atoms with Crippen molar-refractivity contribution in [3.05, 3.63) is 75.0 Å². The highest BCUT2D eigenvalue weighted by Gasteiger charge is 2.34. The van der Waals surface area contributed by atoms with Gasteiger partial charge in [0.2, 0.25) is 0 Å². The minimum Gasteiger partial charge on any atom is -0.285 e. The van der Waals surface area contributed by atoms with E-state index < -0.39 is 0 Å². The maximum atomic E-state index is 6.62. The van der Waals surface area contributed by atoms with Gasteiger partial charge in [0.25, 0.3) is 0 Å². The molecule has 5 nitrogen and oxygen atoms in total. The van der Waals surface area contributed by atoms with E-state index in [-0.39, 0.29) is 11.6 Å². The van der Waals surface area contributed by atoms with E-state index in [1.165, 1.54) is 11.1 Å². The van der Waals surface area contributed by atoms with Gasteiger partial charge in [-0.25, -0.2) is 4.68 Å². The maximum Gasteiger partial charge on any atom is 0.173 e. The van der Waals surface area contributed by atoms with Crippen LogP contribution in [0.25, 0.3) is 0 Å². The Morgan fingerprint density at radius 1 is 1.04 bits per heavy atom. The van der Waals surface area contributed by atoms with Gasteiger partial charge in [-0.3, -0.25) is 4.90 Å². The summed E-state index contributed by atoms with van der Waals surface area (Å²) in [5, 5.41) is 14.2. The smallest absolute Gasteiger partial charge is 0.173 e. The Morgan fingerprint density at radius 3 is 2.57 bits per heavy atom. The Bertz CT molecular complexity index is 992. The molecule has 1 unspecified atom stereocenters. The third-order valence-corrected chi connectivity index (χ3v) is 5.73. The molecule has 0 N–H and O–H groups in total. The molecule has 2 aromatic carbocycles. The molecular formula is C21H23Cl2N5. The van der Waals surface area contributed by atoms with E-state index in [2.05, 4.69) is 59.4 Å². The molecule has 0 saturated heterocycles. The lowest BCUT2D eigenvalue weighted by molar-refractivity contribution is 0.186. The summed E-state index contributed by atoms with van der Waals surface area (Å²) in [4.78, 5) is 2.38. The molecule has 28 heavy (non-hydrogen) atoms. The van der Waals surface area contributed by atoms with Gasteiger partial charge >= 0.3 is 0 Å². The quantitative estimate of drug-likeness (QED) is 0.611. The first-order chi connectivity index (χ1) is 13.3. The maximum absolute atomic E-state index is 6.62. The number of hydrogen-bond donors (Lipinski definition) is 0. The Morgan fingerprint density at radius 2 is 1.82 bits per heavy atom. The highest BCUT2D eigenvalue weighted by molar-refractivity contribution is 6.31. The van der Waals surface area contributed by atoms with Gasteiger partial charge in [-0.05, 0) is 72.5 Å². The van der Waals surface area contributed by atoms with Crippen LogP contribution >= 0.6 is 23.2 Å². The van der Waals surface area contributed by atoms with Gasteiger partial charge < -0.3 is 0 Å². The SMILES string of the molecule is CC(C)(C)n1nnnc1C(c1ccccc1Cl)N1CCc2ccc(Cl)cc2C1. The summed E-state index contributed by atoms with van der Waals surface area (Å²) in [6.07, 6.45) is 0.949. The molecule has 0 bridgehead atoms. The molecule has 0 aliphatic carbocycles.